The zero-order chi connectivity index (χ0) is 24.9. The van der Waals surface area contributed by atoms with Crippen molar-refractivity contribution in [3.8, 4) is 5.88 Å². The average molecular weight is 541 g/mol. The van der Waals surface area contributed by atoms with E-state index in [1.807, 2.05) is 23.9 Å². The molecule has 186 valence electrons. The molecule has 2 saturated carbocycles. The first kappa shape index (κ1) is 24.1. The monoisotopic (exact) mass is 540 g/mol. The lowest BCUT2D eigenvalue weighted by molar-refractivity contribution is -0.152. The van der Waals surface area contributed by atoms with Gasteiger partial charge >= 0.3 is 5.97 Å². The van der Waals surface area contributed by atoms with Crippen molar-refractivity contribution in [2.75, 3.05) is 12.4 Å². The van der Waals surface area contributed by atoms with Gasteiger partial charge in [-0.15, -0.1) is 5.10 Å². The zero-order valence-electron chi connectivity index (χ0n) is 21.0. The maximum Gasteiger partial charge on any atom is 0.309 e. The standard InChI is InChI=1S/C27H33BrN4O3/c1-15-12-21(18(13-20(15)28)16-6-7-16)29-23-11-10-22-24(30-23)25(31-32(22)4)35-17-8-9-19(26(33)34-5)27(2,3)14-17/h10-13,16-17,19H,6-9,14H2,1-5H3,(H,29,30). The maximum absolute atomic E-state index is 12.2. The number of hydrogen-bond donors (Lipinski definition) is 1. The van der Waals surface area contributed by atoms with Gasteiger partial charge in [0.1, 0.15) is 11.9 Å². The van der Waals surface area contributed by atoms with E-state index in [4.69, 9.17) is 14.5 Å². The van der Waals surface area contributed by atoms with Crippen LogP contribution in [-0.2, 0) is 16.6 Å². The number of nitrogens with zero attached hydrogens (tertiary/aromatic N) is 3. The molecule has 0 amide bonds. The van der Waals surface area contributed by atoms with Crippen LogP contribution in [0, 0.1) is 18.3 Å². The number of anilines is 2. The molecule has 0 bridgehead atoms. The molecule has 3 aromatic rings. The van der Waals surface area contributed by atoms with Crippen molar-refractivity contribution < 1.29 is 14.3 Å². The number of pyridine rings is 1. The topological polar surface area (TPSA) is 78.3 Å². The van der Waals surface area contributed by atoms with Gasteiger partial charge in [-0.25, -0.2) is 4.98 Å². The molecule has 2 aliphatic rings. The summed E-state index contributed by atoms with van der Waals surface area (Å²) < 4.78 is 14.4. The van der Waals surface area contributed by atoms with E-state index in [2.05, 4.69) is 59.2 Å². The predicted octanol–water partition coefficient (Wildman–Crippen LogP) is 6.41. The van der Waals surface area contributed by atoms with Gasteiger partial charge in [0.25, 0.3) is 5.88 Å². The van der Waals surface area contributed by atoms with Crippen LogP contribution in [0.3, 0.4) is 0 Å². The van der Waals surface area contributed by atoms with Crippen LogP contribution in [0.5, 0.6) is 5.88 Å². The number of hydrogen-bond acceptors (Lipinski definition) is 6. The molecule has 2 fully saturated rings. The number of esters is 1. The SMILES string of the molecule is COC(=O)C1CCC(Oc2nn(C)c3ccc(Nc4cc(C)c(Br)cc4C4CC4)nc23)CC1(C)C. The van der Waals surface area contributed by atoms with Gasteiger partial charge in [0.2, 0.25) is 0 Å². The first-order valence-electron chi connectivity index (χ1n) is 12.3. The number of carbonyl (C=O) groups excluding carboxylic acids is 1. The summed E-state index contributed by atoms with van der Waals surface area (Å²) in [4.78, 5) is 17.1. The minimum atomic E-state index is -0.209. The molecular formula is C27H33BrN4O3. The molecule has 0 saturated heterocycles. The third kappa shape index (κ3) is 4.77. The molecule has 2 heterocycles. The maximum atomic E-state index is 12.2. The van der Waals surface area contributed by atoms with Crippen molar-refractivity contribution in [2.24, 2.45) is 18.4 Å². The van der Waals surface area contributed by atoms with Crippen molar-refractivity contribution >= 4 is 44.4 Å². The quantitative estimate of drug-likeness (QED) is 0.364. The summed E-state index contributed by atoms with van der Waals surface area (Å²) in [5, 5.41) is 8.19. The number of fused-ring (bicyclic) bond motifs is 1. The highest BCUT2D eigenvalue weighted by Gasteiger charge is 2.42. The molecule has 0 aliphatic heterocycles. The van der Waals surface area contributed by atoms with Crippen LogP contribution < -0.4 is 10.1 Å². The number of methoxy groups -OCH3 is 1. The van der Waals surface area contributed by atoms with Gasteiger partial charge in [-0.3, -0.25) is 9.48 Å². The zero-order valence-corrected chi connectivity index (χ0v) is 22.6. The van der Waals surface area contributed by atoms with Crippen LogP contribution in [0.25, 0.3) is 11.0 Å². The number of aryl methyl sites for hydroxylation is 2. The Hall–Kier alpha value is -2.61. The lowest BCUT2D eigenvalue weighted by Crippen LogP contribution is -2.41. The van der Waals surface area contributed by atoms with Gasteiger partial charge in [0.15, 0.2) is 5.52 Å². The van der Waals surface area contributed by atoms with Gasteiger partial charge in [-0.1, -0.05) is 29.8 Å². The van der Waals surface area contributed by atoms with E-state index in [1.165, 1.54) is 31.1 Å². The van der Waals surface area contributed by atoms with E-state index < -0.39 is 0 Å². The number of nitrogens with one attached hydrogen (secondary N) is 1. The number of carbonyl (C=O) groups is 1. The molecule has 1 aromatic carbocycles. The summed E-state index contributed by atoms with van der Waals surface area (Å²) >= 11 is 3.68. The normalized spacial score (nSPS) is 21.7. The molecule has 2 atom stereocenters. The number of aromatic nitrogens is 3. The fraction of sp³-hybridized carbons (Fsp3) is 0.519. The molecule has 0 radical (unpaired) electrons. The van der Waals surface area contributed by atoms with Crippen molar-refractivity contribution in [1.29, 1.82) is 0 Å². The molecule has 5 rings (SSSR count). The second-order valence-electron chi connectivity index (χ2n) is 10.7. The van der Waals surface area contributed by atoms with E-state index >= 15 is 0 Å². The summed E-state index contributed by atoms with van der Waals surface area (Å²) in [7, 11) is 3.37. The Morgan fingerprint density at radius 1 is 1.20 bits per heavy atom. The smallest absolute Gasteiger partial charge is 0.309 e. The Morgan fingerprint density at radius 3 is 2.66 bits per heavy atom. The van der Waals surface area contributed by atoms with Crippen LogP contribution >= 0.6 is 15.9 Å². The van der Waals surface area contributed by atoms with Crippen LogP contribution in [0.4, 0.5) is 11.5 Å². The Morgan fingerprint density at radius 2 is 1.97 bits per heavy atom. The van der Waals surface area contributed by atoms with Crippen molar-refractivity contribution in [2.45, 2.75) is 64.9 Å². The third-order valence-corrected chi connectivity index (χ3v) is 8.37. The minimum Gasteiger partial charge on any atom is -0.472 e. The molecular weight excluding hydrogens is 508 g/mol. The van der Waals surface area contributed by atoms with Gasteiger partial charge in [-0.2, -0.15) is 0 Å². The molecule has 2 unspecified atom stereocenters. The van der Waals surface area contributed by atoms with E-state index in [0.717, 1.165) is 46.3 Å². The lowest BCUT2D eigenvalue weighted by atomic mass is 9.68. The van der Waals surface area contributed by atoms with Crippen molar-refractivity contribution in [1.82, 2.24) is 14.8 Å². The molecule has 7 nitrogen and oxygen atoms in total. The number of ether oxygens (including phenoxy) is 2. The van der Waals surface area contributed by atoms with Crippen LogP contribution in [-0.4, -0.2) is 33.9 Å². The Bertz CT molecular complexity index is 1280. The highest BCUT2D eigenvalue weighted by atomic mass is 79.9. The van der Waals surface area contributed by atoms with Gasteiger partial charge in [0, 0.05) is 17.2 Å². The lowest BCUT2D eigenvalue weighted by Gasteiger charge is -2.40. The van der Waals surface area contributed by atoms with Crippen molar-refractivity contribution in [3.05, 3.63) is 39.9 Å². The number of halogens is 1. The van der Waals surface area contributed by atoms with Crippen LogP contribution in [0.15, 0.2) is 28.7 Å². The summed E-state index contributed by atoms with van der Waals surface area (Å²) in [5.74, 6) is 1.67. The molecule has 0 spiro atoms. The molecule has 8 heteroatoms. The fourth-order valence-electron chi connectivity index (χ4n) is 5.34. The summed E-state index contributed by atoms with van der Waals surface area (Å²) in [6, 6.07) is 8.45. The van der Waals surface area contributed by atoms with E-state index in [0.29, 0.717) is 11.8 Å². The van der Waals surface area contributed by atoms with Crippen molar-refractivity contribution in [3.63, 3.8) is 0 Å². The van der Waals surface area contributed by atoms with Crippen LogP contribution in [0.1, 0.15) is 63.0 Å². The second kappa shape index (κ2) is 9.12. The van der Waals surface area contributed by atoms with E-state index in [-0.39, 0.29) is 23.4 Å². The fourth-order valence-corrected chi connectivity index (χ4v) is 5.71. The Balaban J connectivity index is 1.40. The summed E-state index contributed by atoms with van der Waals surface area (Å²) in [6.07, 6.45) is 4.70. The predicted molar refractivity (Wildman–Crippen MR) is 140 cm³/mol. The average Bonchev–Trinajstić information content (AvgIpc) is 3.60. The number of benzene rings is 1. The van der Waals surface area contributed by atoms with E-state index in [9.17, 15) is 4.79 Å². The molecule has 2 aliphatic carbocycles. The van der Waals surface area contributed by atoms with Gasteiger partial charge in [-0.05, 0) is 85.8 Å². The van der Waals surface area contributed by atoms with Gasteiger partial charge in [0.05, 0.1) is 18.5 Å². The molecule has 2 aromatic heterocycles. The minimum absolute atomic E-state index is 0.0296. The summed E-state index contributed by atoms with van der Waals surface area (Å²) in [6.45, 7) is 6.32. The van der Waals surface area contributed by atoms with Crippen LogP contribution in [0.2, 0.25) is 0 Å². The summed E-state index contributed by atoms with van der Waals surface area (Å²) in [5.41, 5.74) is 5.08. The Kier molecular flexibility index (Phi) is 6.28. The van der Waals surface area contributed by atoms with Gasteiger partial charge < -0.3 is 14.8 Å². The first-order chi connectivity index (χ1) is 16.7. The molecule has 1 N–H and O–H groups in total. The Labute approximate surface area is 214 Å². The highest BCUT2D eigenvalue weighted by molar-refractivity contribution is 9.10. The number of rotatable bonds is 6. The molecule has 35 heavy (non-hydrogen) atoms. The second-order valence-corrected chi connectivity index (χ2v) is 11.5. The largest absolute Gasteiger partial charge is 0.472 e. The first-order valence-corrected chi connectivity index (χ1v) is 13.1. The highest BCUT2D eigenvalue weighted by Crippen LogP contribution is 2.46. The third-order valence-electron chi connectivity index (χ3n) is 7.52. The van der Waals surface area contributed by atoms with E-state index in [1.54, 1.807) is 0 Å².